The van der Waals surface area contributed by atoms with Crippen LogP contribution in [0.4, 0.5) is 0 Å². The van der Waals surface area contributed by atoms with Gasteiger partial charge in [-0.3, -0.25) is 19.7 Å². The van der Waals surface area contributed by atoms with Crippen LogP contribution in [0.1, 0.15) is 34.7 Å². The molecule has 0 unspecified atom stereocenters. The molecule has 0 aliphatic carbocycles. The van der Waals surface area contributed by atoms with Gasteiger partial charge < -0.3 is 9.64 Å². The van der Waals surface area contributed by atoms with Crippen molar-refractivity contribution in [1.29, 1.82) is 0 Å². The summed E-state index contributed by atoms with van der Waals surface area (Å²) < 4.78 is 7.11. The molecular weight excluding hydrogens is 368 g/mol. The summed E-state index contributed by atoms with van der Waals surface area (Å²) in [5, 5.41) is 4.61. The van der Waals surface area contributed by atoms with E-state index in [1.807, 2.05) is 30.9 Å². The van der Waals surface area contributed by atoms with Crippen molar-refractivity contribution in [3.63, 3.8) is 0 Å². The van der Waals surface area contributed by atoms with Crippen LogP contribution in [-0.4, -0.2) is 61.8 Å². The van der Waals surface area contributed by atoms with Gasteiger partial charge in [-0.2, -0.15) is 5.10 Å². The van der Waals surface area contributed by atoms with Gasteiger partial charge in [-0.25, -0.2) is 4.68 Å². The van der Waals surface area contributed by atoms with E-state index in [1.165, 1.54) is 0 Å². The number of hydrogen-bond acceptors (Lipinski definition) is 6. The first-order chi connectivity index (χ1) is 14.0. The lowest BCUT2D eigenvalue weighted by molar-refractivity contribution is 0.0347. The van der Waals surface area contributed by atoms with Gasteiger partial charge >= 0.3 is 0 Å². The minimum Gasteiger partial charge on any atom is -0.381 e. The molecule has 150 valence electrons. The summed E-state index contributed by atoms with van der Waals surface area (Å²) in [5.74, 6) is -0.0836. The highest BCUT2D eigenvalue weighted by molar-refractivity contribution is 5.93. The summed E-state index contributed by atoms with van der Waals surface area (Å²) in [5.41, 5.74) is 4.26. The Balaban J connectivity index is 1.70. The Morgan fingerprint density at radius 3 is 2.41 bits per heavy atom. The first-order valence-electron chi connectivity index (χ1n) is 9.69. The number of aryl methyl sites for hydroxylation is 2. The van der Waals surface area contributed by atoms with Crippen LogP contribution < -0.4 is 0 Å². The van der Waals surface area contributed by atoms with E-state index in [0.717, 1.165) is 29.9 Å². The normalized spacial score (nSPS) is 14.9. The predicted octanol–water partition coefficient (Wildman–Crippen LogP) is 2.59. The zero-order chi connectivity index (χ0) is 20.4. The lowest BCUT2D eigenvalue weighted by Gasteiger charge is -2.30. The Bertz CT molecular complexity index is 926. The summed E-state index contributed by atoms with van der Waals surface area (Å²) in [4.78, 5) is 28.1. The molecular formula is C21H24N6O2. The first-order valence-corrected chi connectivity index (χ1v) is 9.69. The fraction of sp³-hybridized carbons (Fsp3) is 0.381. The zero-order valence-electron chi connectivity index (χ0n) is 16.9. The largest absolute Gasteiger partial charge is 0.381 e. The number of hydrogen-bond donors (Lipinski definition) is 0. The minimum absolute atomic E-state index is 0.0836. The van der Waals surface area contributed by atoms with Crippen molar-refractivity contribution in [2.24, 2.45) is 0 Å². The van der Waals surface area contributed by atoms with Gasteiger partial charge in [-0.15, -0.1) is 0 Å². The van der Waals surface area contributed by atoms with Crippen LogP contribution in [0.15, 0.2) is 36.8 Å². The summed E-state index contributed by atoms with van der Waals surface area (Å²) in [6, 6.07) is 5.63. The molecule has 3 aromatic heterocycles. The lowest BCUT2D eigenvalue weighted by atomic mass is 10.1. The number of pyridine rings is 1. The summed E-state index contributed by atoms with van der Waals surface area (Å²) in [7, 11) is 1.72. The third-order valence-corrected chi connectivity index (χ3v) is 5.17. The fourth-order valence-corrected chi connectivity index (χ4v) is 3.43. The van der Waals surface area contributed by atoms with Gasteiger partial charge in [0.05, 0.1) is 35.6 Å². The number of piperidine rings is 1. The second-order valence-electron chi connectivity index (χ2n) is 7.25. The Morgan fingerprint density at radius 2 is 1.79 bits per heavy atom. The standard InChI is InChI=1S/C21H24N6O2/c1-14-4-5-16(12-22-14)27-20(19-13-23-15(2)11-24-19)10-18(25-27)21(28)26-8-6-17(29-3)7-9-26/h4-5,10-13,17H,6-9H2,1-3H3. The van der Waals surface area contributed by atoms with Crippen molar-refractivity contribution in [3.8, 4) is 17.1 Å². The monoisotopic (exact) mass is 392 g/mol. The van der Waals surface area contributed by atoms with Gasteiger partial charge in [0, 0.05) is 32.1 Å². The molecule has 29 heavy (non-hydrogen) atoms. The van der Waals surface area contributed by atoms with Gasteiger partial charge in [-0.1, -0.05) is 0 Å². The highest BCUT2D eigenvalue weighted by Gasteiger charge is 2.26. The van der Waals surface area contributed by atoms with Crippen molar-refractivity contribution in [3.05, 3.63) is 53.9 Å². The van der Waals surface area contributed by atoms with Crippen molar-refractivity contribution in [1.82, 2.24) is 29.6 Å². The molecule has 1 saturated heterocycles. The minimum atomic E-state index is -0.0836. The molecule has 0 spiro atoms. The topological polar surface area (TPSA) is 86.0 Å². The lowest BCUT2D eigenvalue weighted by Crippen LogP contribution is -2.40. The van der Waals surface area contributed by atoms with E-state index >= 15 is 0 Å². The maximum absolute atomic E-state index is 13.1. The molecule has 8 nitrogen and oxygen atoms in total. The number of ether oxygens (including phenoxy) is 1. The van der Waals surface area contributed by atoms with Crippen LogP contribution in [0.5, 0.6) is 0 Å². The number of carbonyl (C=O) groups excluding carboxylic acids is 1. The van der Waals surface area contributed by atoms with Crippen molar-refractivity contribution >= 4 is 5.91 Å². The Kier molecular flexibility index (Phi) is 5.35. The Hall–Kier alpha value is -3.13. The van der Waals surface area contributed by atoms with E-state index in [-0.39, 0.29) is 12.0 Å². The van der Waals surface area contributed by atoms with Crippen molar-refractivity contribution in [2.75, 3.05) is 20.2 Å². The number of aromatic nitrogens is 5. The van der Waals surface area contributed by atoms with Crippen LogP contribution in [0, 0.1) is 13.8 Å². The molecule has 0 aromatic carbocycles. The predicted molar refractivity (Wildman–Crippen MR) is 108 cm³/mol. The molecule has 1 amide bonds. The number of amides is 1. The van der Waals surface area contributed by atoms with Gasteiger partial charge in [0.25, 0.3) is 5.91 Å². The van der Waals surface area contributed by atoms with Crippen molar-refractivity contribution < 1.29 is 9.53 Å². The van der Waals surface area contributed by atoms with Crippen LogP contribution in [0.25, 0.3) is 17.1 Å². The van der Waals surface area contributed by atoms with Crippen LogP contribution in [0.2, 0.25) is 0 Å². The Morgan fingerprint density at radius 1 is 1.03 bits per heavy atom. The molecule has 0 radical (unpaired) electrons. The maximum Gasteiger partial charge on any atom is 0.274 e. The van der Waals surface area contributed by atoms with E-state index in [9.17, 15) is 4.79 Å². The van der Waals surface area contributed by atoms with Gasteiger partial charge in [0.2, 0.25) is 0 Å². The molecule has 1 aliphatic rings. The number of nitrogens with zero attached hydrogens (tertiary/aromatic N) is 6. The molecule has 1 aliphatic heterocycles. The van der Waals surface area contributed by atoms with Crippen molar-refractivity contribution in [2.45, 2.75) is 32.8 Å². The number of carbonyl (C=O) groups is 1. The average molecular weight is 392 g/mol. The van der Waals surface area contributed by atoms with E-state index < -0.39 is 0 Å². The maximum atomic E-state index is 13.1. The van der Waals surface area contributed by atoms with Gasteiger partial charge in [0.1, 0.15) is 5.69 Å². The molecule has 4 heterocycles. The van der Waals surface area contributed by atoms with E-state index in [0.29, 0.717) is 30.2 Å². The summed E-state index contributed by atoms with van der Waals surface area (Å²) in [6.07, 6.45) is 7.03. The van der Waals surface area contributed by atoms with E-state index in [2.05, 4.69) is 20.1 Å². The average Bonchev–Trinajstić information content (AvgIpc) is 3.20. The molecule has 8 heteroatoms. The second-order valence-corrected chi connectivity index (χ2v) is 7.25. The van der Waals surface area contributed by atoms with Crippen LogP contribution >= 0.6 is 0 Å². The zero-order valence-corrected chi connectivity index (χ0v) is 16.9. The highest BCUT2D eigenvalue weighted by atomic mass is 16.5. The molecule has 0 atom stereocenters. The molecule has 0 N–H and O–H groups in total. The molecule has 1 fully saturated rings. The smallest absolute Gasteiger partial charge is 0.274 e. The van der Waals surface area contributed by atoms with Crippen LogP contribution in [0.3, 0.4) is 0 Å². The van der Waals surface area contributed by atoms with E-state index in [4.69, 9.17) is 4.74 Å². The third-order valence-electron chi connectivity index (χ3n) is 5.17. The van der Waals surface area contributed by atoms with E-state index in [1.54, 1.807) is 36.4 Å². The SMILES string of the molecule is COC1CCN(C(=O)c2cc(-c3cnc(C)cn3)n(-c3ccc(C)nc3)n2)CC1. The summed E-state index contributed by atoms with van der Waals surface area (Å²) >= 11 is 0. The molecule has 4 rings (SSSR count). The molecule has 0 bridgehead atoms. The third kappa shape index (κ3) is 4.02. The highest BCUT2D eigenvalue weighted by Crippen LogP contribution is 2.24. The quantitative estimate of drug-likeness (QED) is 0.678. The first kappa shape index (κ1) is 19.2. The fourth-order valence-electron chi connectivity index (χ4n) is 3.43. The second kappa shape index (κ2) is 8.08. The van der Waals surface area contributed by atoms with Gasteiger partial charge in [0.15, 0.2) is 5.69 Å². The molecule has 3 aromatic rings. The summed E-state index contributed by atoms with van der Waals surface area (Å²) in [6.45, 7) is 5.14. The Labute approximate surface area is 169 Å². The molecule has 0 saturated carbocycles. The number of likely N-dealkylation sites (tertiary alicyclic amines) is 1. The number of methoxy groups -OCH3 is 1. The van der Waals surface area contributed by atoms with Gasteiger partial charge in [-0.05, 0) is 44.9 Å². The number of rotatable bonds is 4. The van der Waals surface area contributed by atoms with Crippen LogP contribution in [-0.2, 0) is 4.74 Å².